The van der Waals surface area contributed by atoms with Gasteiger partial charge in [-0.1, -0.05) is 66.7 Å². The largest absolute Gasteiger partial charge is 0.340 e. The first-order chi connectivity index (χ1) is 14.9. The van der Waals surface area contributed by atoms with Crippen LogP contribution in [0.25, 0.3) is 63.5 Å². The predicted octanol–water partition coefficient (Wildman–Crippen LogP) is 8.49. The molecule has 0 aliphatic heterocycles. The molecule has 0 aliphatic rings. The summed E-state index contributed by atoms with van der Waals surface area (Å²) in [6.07, 6.45) is 0. The topological polar surface area (TPSA) is 4.93 Å². The second-order valence-corrected chi connectivity index (χ2v) is 9.07. The third kappa shape index (κ3) is 1.92. The molecule has 7 aromatic rings. The van der Waals surface area contributed by atoms with Crippen molar-refractivity contribution in [2.75, 3.05) is 0 Å². The molecule has 2 aromatic heterocycles. The molecule has 0 spiro atoms. The number of benzene rings is 5. The van der Waals surface area contributed by atoms with Crippen molar-refractivity contribution in [2.24, 2.45) is 0 Å². The molecule has 0 saturated carbocycles. The number of hydrogen-bond acceptors (Lipinski definition) is 1. The van der Waals surface area contributed by atoms with Crippen molar-refractivity contribution in [2.45, 2.75) is 13.5 Å². The second kappa shape index (κ2) is 5.84. The Kier molecular flexibility index (Phi) is 3.20. The summed E-state index contributed by atoms with van der Waals surface area (Å²) in [5.41, 5.74) is 2.70. The van der Waals surface area contributed by atoms with Gasteiger partial charge in [0.1, 0.15) is 0 Å². The number of thiophene rings is 1. The van der Waals surface area contributed by atoms with Crippen molar-refractivity contribution in [1.29, 1.82) is 0 Å². The van der Waals surface area contributed by atoms with Crippen molar-refractivity contribution in [3.63, 3.8) is 0 Å². The molecule has 0 N–H and O–H groups in total. The zero-order chi connectivity index (χ0) is 19.8. The van der Waals surface area contributed by atoms with E-state index in [2.05, 4.69) is 96.4 Å². The summed E-state index contributed by atoms with van der Waals surface area (Å²) in [6.45, 7) is 3.22. The van der Waals surface area contributed by atoms with Crippen LogP contribution in [0.5, 0.6) is 0 Å². The molecule has 0 bridgehead atoms. The lowest BCUT2D eigenvalue weighted by Crippen LogP contribution is -1.94. The van der Waals surface area contributed by atoms with Crippen molar-refractivity contribution < 1.29 is 0 Å². The third-order valence-electron chi connectivity index (χ3n) is 6.55. The van der Waals surface area contributed by atoms with Gasteiger partial charge in [0.2, 0.25) is 0 Å². The molecule has 5 aromatic carbocycles. The van der Waals surface area contributed by atoms with Crippen molar-refractivity contribution in [3.05, 3.63) is 84.9 Å². The van der Waals surface area contributed by atoms with E-state index in [4.69, 9.17) is 0 Å². The van der Waals surface area contributed by atoms with Crippen molar-refractivity contribution >= 4 is 74.9 Å². The Morgan fingerprint density at radius 3 is 1.97 bits per heavy atom. The van der Waals surface area contributed by atoms with Gasteiger partial charge in [-0.3, -0.25) is 0 Å². The van der Waals surface area contributed by atoms with Crippen LogP contribution in [0, 0.1) is 0 Å². The van der Waals surface area contributed by atoms with E-state index in [-0.39, 0.29) is 0 Å². The minimum atomic E-state index is 0.954. The summed E-state index contributed by atoms with van der Waals surface area (Å²) >= 11 is 1.90. The summed E-state index contributed by atoms with van der Waals surface area (Å²) in [5, 5.41) is 11.0. The molecule has 142 valence electrons. The molecule has 7 rings (SSSR count). The zero-order valence-corrected chi connectivity index (χ0v) is 17.5. The monoisotopic (exact) mass is 401 g/mol. The Labute approximate surface area is 177 Å². The Morgan fingerprint density at radius 1 is 0.567 bits per heavy atom. The Bertz CT molecular complexity index is 1780. The molecule has 0 atom stereocenters. The number of fused-ring (bicyclic) bond motifs is 12. The van der Waals surface area contributed by atoms with Crippen LogP contribution in [0.15, 0.2) is 84.9 Å². The molecular formula is C28H19NS. The van der Waals surface area contributed by atoms with E-state index in [1.54, 1.807) is 0 Å². The Morgan fingerprint density at radius 2 is 1.20 bits per heavy atom. The lowest BCUT2D eigenvalue weighted by molar-refractivity contribution is 0.830. The van der Waals surface area contributed by atoms with Crippen molar-refractivity contribution in [1.82, 2.24) is 4.57 Å². The standard InChI is InChI=1S/C28H19NS/c1-2-29-22-15-16-24-25(21-13-7-8-14-23(21)30-24)27(22)26-19-11-5-3-9-17(19)18-10-4-6-12-20(18)28(26)29/h3-16H,2H2,1H3. The molecule has 1 nitrogen and oxygen atoms in total. The summed E-state index contributed by atoms with van der Waals surface area (Å²) in [4.78, 5) is 0. The van der Waals surface area contributed by atoms with Gasteiger partial charge in [-0.05, 0) is 41.3 Å². The smallest absolute Gasteiger partial charge is 0.0577 e. The Hall–Kier alpha value is -3.36. The normalized spacial score (nSPS) is 12.3. The predicted molar refractivity (Wildman–Crippen MR) is 133 cm³/mol. The van der Waals surface area contributed by atoms with Crippen molar-refractivity contribution in [3.8, 4) is 0 Å². The highest BCUT2D eigenvalue weighted by Crippen LogP contribution is 2.46. The molecular weight excluding hydrogens is 382 g/mol. The Balaban J connectivity index is 1.93. The summed E-state index contributed by atoms with van der Waals surface area (Å²) < 4.78 is 5.25. The third-order valence-corrected chi connectivity index (χ3v) is 7.69. The maximum atomic E-state index is 2.52. The average Bonchev–Trinajstić information content (AvgIpc) is 3.34. The summed E-state index contributed by atoms with van der Waals surface area (Å²) in [5.74, 6) is 0. The van der Waals surface area contributed by atoms with E-state index in [1.165, 1.54) is 63.5 Å². The fraction of sp³-hybridized carbons (Fsp3) is 0.0714. The number of aryl methyl sites for hydroxylation is 1. The van der Waals surface area contributed by atoms with Crippen LogP contribution in [-0.2, 0) is 6.54 Å². The minimum absolute atomic E-state index is 0.954. The van der Waals surface area contributed by atoms with E-state index in [1.807, 2.05) is 11.3 Å². The van der Waals surface area contributed by atoms with Crippen LogP contribution in [-0.4, -0.2) is 4.57 Å². The highest BCUT2D eigenvalue weighted by Gasteiger charge is 2.20. The SMILES string of the molecule is CCn1c2ccc3sc4ccccc4c3c2c2c3ccccc3c3ccccc3c21. The van der Waals surface area contributed by atoms with E-state index in [0.29, 0.717) is 0 Å². The van der Waals surface area contributed by atoms with Crippen LogP contribution < -0.4 is 0 Å². The van der Waals surface area contributed by atoms with Crippen LogP contribution in [0.2, 0.25) is 0 Å². The summed E-state index contributed by atoms with van der Waals surface area (Å²) in [6, 6.07) is 31.3. The van der Waals surface area contributed by atoms with E-state index < -0.39 is 0 Å². The lowest BCUT2D eigenvalue weighted by Gasteiger charge is -2.10. The van der Waals surface area contributed by atoms with Crippen LogP contribution in [0.3, 0.4) is 0 Å². The minimum Gasteiger partial charge on any atom is -0.340 e. The lowest BCUT2D eigenvalue weighted by atomic mass is 9.95. The van der Waals surface area contributed by atoms with Gasteiger partial charge in [0.15, 0.2) is 0 Å². The van der Waals surface area contributed by atoms with Gasteiger partial charge >= 0.3 is 0 Å². The maximum Gasteiger partial charge on any atom is 0.0577 e. The second-order valence-electron chi connectivity index (χ2n) is 7.99. The van der Waals surface area contributed by atoms with Gasteiger partial charge in [0.25, 0.3) is 0 Å². The van der Waals surface area contributed by atoms with Gasteiger partial charge in [-0.25, -0.2) is 0 Å². The molecule has 0 fully saturated rings. The zero-order valence-electron chi connectivity index (χ0n) is 16.6. The van der Waals surface area contributed by atoms with Gasteiger partial charge < -0.3 is 4.57 Å². The molecule has 2 heterocycles. The fourth-order valence-electron chi connectivity index (χ4n) is 5.39. The van der Waals surface area contributed by atoms with Crippen LogP contribution in [0.4, 0.5) is 0 Å². The molecule has 0 aliphatic carbocycles. The first kappa shape index (κ1) is 16.4. The van der Waals surface area contributed by atoms with Gasteiger partial charge in [0.05, 0.1) is 5.52 Å². The maximum absolute atomic E-state index is 2.52. The first-order valence-electron chi connectivity index (χ1n) is 10.5. The van der Waals surface area contributed by atoms with Crippen LogP contribution in [0.1, 0.15) is 6.92 Å². The average molecular weight is 402 g/mol. The molecule has 0 amide bonds. The van der Waals surface area contributed by atoms with E-state index in [0.717, 1.165) is 6.54 Å². The molecule has 0 saturated heterocycles. The first-order valence-corrected chi connectivity index (χ1v) is 11.3. The van der Waals surface area contributed by atoms with E-state index in [9.17, 15) is 0 Å². The summed E-state index contributed by atoms with van der Waals surface area (Å²) in [7, 11) is 0. The van der Waals surface area contributed by atoms with Crippen LogP contribution >= 0.6 is 11.3 Å². The van der Waals surface area contributed by atoms with Gasteiger partial charge in [-0.2, -0.15) is 0 Å². The highest BCUT2D eigenvalue weighted by molar-refractivity contribution is 7.26. The number of rotatable bonds is 1. The molecule has 0 unspecified atom stereocenters. The number of hydrogen-bond donors (Lipinski definition) is 0. The quantitative estimate of drug-likeness (QED) is 0.243. The fourth-order valence-corrected chi connectivity index (χ4v) is 6.50. The van der Waals surface area contributed by atoms with E-state index >= 15 is 0 Å². The highest BCUT2D eigenvalue weighted by atomic mass is 32.1. The van der Waals surface area contributed by atoms with Gasteiger partial charge in [-0.15, -0.1) is 11.3 Å². The van der Waals surface area contributed by atoms with Gasteiger partial charge in [0, 0.05) is 48.4 Å². The number of aromatic nitrogens is 1. The molecule has 30 heavy (non-hydrogen) atoms. The number of nitrogens with zero attached hydrogens (tertiary/aromatic N) is 1. The molecule has 0 radical (unpaired) electrons. The molecule has 2 heteroatoms.